The fourth-order valence-electron chi connectivity index (χ4n) is 2.12. The van der Waals surface area contributed by atoms with Gasteiger partial charge in [-0.1, -0.05) is 35.5 Å². The number of rotatable bonds is 6. The second-order valence-corrected chi connectivity index (χ2v) is 6.11. The summed E-state index contributed by atoms with van der Waals surface area (Å²) in [6.45, 7) is 4.20. The summed E-state index contributed by atoms with van der Waals surface area (Å²) in [5.41, 5.74) is 4.37. The number of nitrogens with one attached hydrogen (secondary N) is 1. The van der Waals surface area contributed by atoms with Gasteiger partial charge in [0.2, 0.25) is 5.91 Å². The van der Waals surface area contributed by atoms with Crippen molar-refractivity contribution in [3.8, 4) is 0 Å². The van der Waals surface area contributed by atoms with Gasteiger partial charge in [0.25, 0.3) is 0 Å². The van der Waals surface area contributed by atoms with Crippen molar-refractivity contribution >= 4 is 17.7 Å². The summed E-state index contributed by atoms with van der Waals surface area (Å²) in [5, 5.41) is 12.7. The molecular formula is C16H21N3O2S. The number of aryl methyl sites for hydroxylation is 2. The van der Waals surface area contributed by atoms with Crippen molar-refractivity contribution in [2.75, 3.05) is 7.05 Å². The van der Waals surface area contributed by atoms with E-state index in [1.54, 1.807) is 29.6 Å². The number of aliphatic hydroxyl groups is 1. The first-order valence-corrected chi connectivity index (χ1v) is 8.08. The maximum absolute atomic E-state index is 11.6. The van der Waals surface area contributed by atoms with Crippen molar-refractivity contribution in [3.05, 3.63) is 46.8 Å². The molecule has 0 radical (unpaired) electrons. The first-order chi connectivity index (χ1) is 10.5. The number of aromatic nitrogens is 2. The minimum Gasteiger partial charge on any atom is -0.390 e. The van der Waals surface area contributed by atoms with E-state index in [1.165, 1.54) is 16.7 Å². The molecule has 0 saturated heterocycles. The predicted octanol–water partition coefficient (Wildman–Crippen LogP) is 2.03. The normalized spacial score (nSPS) is 10.7. The number of hydrogen-bond acceptors (Lipinski definition) is 4. The lowest BCUT2D eigenvalue weighted by molar-refractivity contribution is -0.121. The van der Waals surface area contributed by atoms with E-state index in [-0.39, 0.29) is 19.1 Å². The van der Waals surface area contributed by atoms with Crippen LogP contribution in [0, 0.1) is 13.8 Å². The van der Waals surface area contributed by atoms with Crippen molar-refractivity contribution in [2.24, 2.45) is 0 Å². The van der Waals surface area contributed by atoms with E-state index in [4.69, 9.17) is 0 Å². The third kappa shape index (κ3) is 3.90. The quantitative estimate of drug-likeness (QED) is 0.800. The Labute approximate surface area is 134 Å². The number of benzene rings is 1. The Morgan fingerprint density at radius 2 is 2.18 bits per heavy atom. The molecule has 1 amide bonds. The van der Waals surface area contributed by atoms with E-state index in [9.17, 15) is 9.90 Å². The third-order valence-corrected chi connectivity index (χ3v) is 4.54. The molecule has 0 unspecified atom stereocenters. The zero-order valence-corrected chi connectivity index (χ0v) is 13.9. The van der Waals surface area contributed by atoms with Gasteiger partial charge in [-0.25, -0.2) is 4.98 Å². The van der Waals surface area contributed by atoms with Crippen LogP contribution in [-0.4, -0.2) is 27.6 Å². The molecule has 1 aromatic heterocycles. The standard InChI is InChI=1S/C16H21N3O2S/c1-11-4-5-12(2)13(6-11)10-22-16-18-7-14(9-20)19(16)8-15(21)17-3/h4-7,20H,8-10H2,1-3H3,(H,17,21). The Morgan fingerprint density at radius 1 is 1.41 bits per heavy atom. The van der Waals surface area contributed by atoms with Gasteiger partial charge >= 0.3 is 0 Å². The van der Waals surface area contributed by atoms with Crippen LogP contribution in [-0.2, 0) is 23.7 Å². The molecule has 2 aromatic rings. The molecule has 0 bridgehead atoms. The summed E-state index contributed by atoms with van der Waals surface area (Å²) in [6, 6.07) is 6.38. The number of aliphatic hydroxyl groups excluding tert-OH is 1. The molecule has 118 valence electrons. The molecule has 0 atom stereocenters. The molecule has 0 aliphatic heterocycles. The second kappa shape index (κ2) is 7.47. The van der Waals surface area contributed by atoms with Crippen molar-refractivity contribution in [3.63, 3.8) is 0 Å². The average Bonchev–Trinajstić information content (AvgIpc) is 2.90. The average molecular weight is 319 g/mol. The first-order valence-electron chi connectivity index (χ1n) is 7.10. The van der Waals surface area contributed by atoms with Gasteiger partial charge in [-0.05, 0) is 25.0 Å². The Kier molecular flexibility index (Phi) is 5.63. The van der Waals surface area contributed by atoms with E-state index in [2.05, 4.69) is 42.3 Å². The smallest absolute Gasteiger partial charge is 0.239 e. The van der Waals surface area contributed by atoms with Gasteiger partial charge in [-0.2, -0.15) is 0 Å². The van der Waals surface area contributed by atoms with Crippen LogP contribution in [0.5, 0.6) is 0 Å². The molecule has 22 heavy (non-hydrogen) atoms. The fourth-order valence-corrected chi connectivity index (χ4v) is 3.18. The highest BCUT2D eigenvalue weighted by Crippen LogP contribution is 2.25. The van der Waals surface area contributed by atoms with Crippen LogP contribution in [0.4, 0.5) is 0 Å². The number of thioether (sulfide) groups is 1. The van der Waals surface area contributed by atoms with Gasteiger partial charge in [0.15, 0.2) is 5.16 Å². The van der Waals surface area contributed by atoms with Crippen LogP contribution in [0.3, 0.4) is 0 Å². The maximum atomic E-state index is 11.6. The van der Waals surface area contributed by atoms with Crippen LogP contribution in [0.1, 0.15) is 22.4 Å². The SMILES string of the molecule is CNC(=O)Cn1c(CO)cnc1SCc1cc(C)ccc1C. The number of carbonyl (C=O) groups excluding carboxylic acids is 1. The lowest BCUT2D eigenvalue weighted by Gasteiger charge is -2.11. The summed E-state index contributed by atoms with van der Waals surface area (Å²) in [6.07, 6.45) is 1.62. The Morgan fingerprint density at radius 3 is 2.86 bits per heavy atom. The number of hydrogen-bond donors (Lipinski definition) is 2. The van der Waals surface area contributed by atoms with E-state index >= 15 is 0 Å². The summed E-state index contributed by atoms with van der Waals surface area (Å²) in [7, 11) is 1.60. The molecule has 5 nitrogen and oxygen atoms in total. The molecule has 1 heterocycles. The summed E-state index contributed by atoms with van der Waals surface area (Å²) in [5.74, 6) is 0.671. The highest BCUT2D eigenvalue weighted by molar-refractivity contribution is 7.98. The Hall–Kier alpha value is -1.79. The topological polar surface area (TPSA) is 67.2 Å². The van der Waals surface area contributed by atoms with Crippen molar-refractivity contribution in [1.29, 1.82) is 0 Å². The number of likely N-dealkylation sites (N-methyl/N-ethyl adjacent to an activating group) is 1. The van der Waals surface area contributed by atoms with Gasteiger partial charge in [0.05, 0.1) is 18.5 Å². The highest BCUT2D eigenvalue weighted by Gasteiger charge is 2.13. The molecule has 0 aliphatic carbocycles. The molecule has 0 fully saturated rings. The highest BCUT2D eigenvalue weighted by atomic mass is 32.2. The van der Waals surface area contributed by atoms with Crippen LogP contribution in [0.15, 0.2) is 29.6 Å². The lowest BCUT2D eigenvalue weighted by atomic mass is 10.1. The lowest BCUT2D eigenvalue weighted by Crippen LogP contribution is -2.24. The summed E-state index contributed by atoms with van der Waals surface area (Å²) in [4.78, 5) is 15.9. The number of amides is 1. The Balaban J connectivity index is 2.17. The Bertz CT molecular complexity index is 667. The van der Waals surface area contributed by atoms with Gasteiger partial charge in [-0.15, -0.1) is 0 Å². The summed E-state index contributed by atoms with van der Waals surface area (Å²) < 4.78 is 1.76. The first kappa shape index (κ1) is 16.6. The van der Waals surface area contributed by atoms with E-state index in [1.807, 2.05) is 0 Å². The molecule has 0 spiro atoms. The molecule has 0 saturated carbocycles. The monoisotopic (exact) mass is 319 g/mol. The van der Waals surface area contributed by atoms with Crippen molar-refractivity contribution in [2.45, 2.75) is 37.9 Å². The fraction of sp³-hybridized carbons (Fsp3) is 0.375. The van der Waals surface area contributed by atoms with Gasteiger partial charge in [0, 0.05) is 12.8 Å². The number of carbonyl (C=O) groups is 1. The van der Waals surface area contributed by atoms with Crippen LogP contribution >= 0.6 is 11.8 Å². The number of nitrogens with zero attached hydrogens (tertiary/aromatic N) is 2. The zero-order valence-electron chi connectivity index (χ0n) is 13.1. The zero-order chi connectivity index (χ0) is 16.1. The predicted molar refractivity (Wildman–Crippen MR) is 87.7 cm³/mol. The van der Waals surface area contributed by atoms with E-state index in [0.29, 0.717) is 5.69 Å². The van der Waals surface area contributed by atoms with Gasteiger partial charge in [0.1, 0.15) is 6.54 Å². The largest absolute Gasteiger partial charge is 0.390 e. The van der Waals surface area contributed by atoms with Gasteiger partial charge in [-0.3, -0.25) is 4.79 Å². The van der Waals surface area contributed by atoms with Crippen molar-refractivity contribution < 1.29 is 9.90 Å². The minimum absolute atomic E-state index is 0.110. The molecular weight excluding hydrogens is 298 g/mol. The van der Waals surface area contributed by atoms with Crippen molar-refractivity contribution in [1.82, 2.24) is 14.9 Å². The minimum atomic E-state index is -0.131. The van der Waals surface area contributed by atoms with E-state index in [0.717, 1.165) is 10.9 Å². The van der Waals surface area contributed by atoms with Crippen LogP contribution in [0.25, 0.3) is 0 Å². The third-order valence-electron chi connectivity index (χ3n) is 3.51. The van der Waals surface area contributed by atoms with Crippen LogP contribution < -0.4 is 5.32 Å². The molecule has 2 N–H and O–H groups in total. The molecule has 0 aliphatic rings. The van der Waals surface area contributed by atoms with E-state index < -0.39 is 0 Å². The molecule has 6 heteroatoms. The number of imidazole rings is 1. The molecule has 1 aromatic carbocycles. The second-order valence-electron chi connectivity index (χ2n) is 5.17. The van der Waals surface area contributed by atoms with Crippen LogP contribution in [0.2, 0.25) is 0 Å². The maximum Gasteiger partial charge on any atom is 0.239 e. The van der Waals surface area contributed by atoms with Gasteiger partial charge < -0.3 is 15.0 Å². The summed E-state index contributed by atoms with van der Waals surface area (Å²) >= 11 is 1.57. The molecule has 2 rings (SSSR count).